The third kappa shape index (κ3) is 2.33. The Bertz CT molecular complexity index is 757. The smallest absolute Gasteiger partial charge is 0.329 e. The van der Waals surface area contributed by atoms with E-state index in [1.54, 1.807) is 19.1 Å². The van der Waals surface area contributed by atoms with Gasteiger partial charge in [-0.2, -0.15) is 0 Å². The molecule has 2 atom stereocenters. The van der Waals surface area contributed by atoms with Crippen molar-refractivity contribution in [2.24, 2.45) is 5.92 Å². The van der Waals surface area contributed by atoms with Crippen molar-refractivity contribution in [3.63, 3.8) is 0 Å². The number of aromatic nitrogens is 2. The molecule has 0 saturated heterocycles. The second kappa shape index (κ2) is 5.48. The molecule has 20 heavy (non-hydrogen) atoms. The summed E-state index contributed by atoms with van der Waals surface area (Å²) in [6.07, 6.45) is 5.59. The van der Waals surface area contributed by atoms with Gasteiger partial charge in [-0.1, -0.05) is 32.4 Å². The molecule has 0 bridgehead atoms. The monoisotopic (exact) mass is 278 g/mol. The normalized spacial score (nSPS) is 16.5. The Morgan fingerprint density at radius 2 is 2.05 bits per heavy atom. The molecule has 1 aromatic heterocycles. The standard InChI is InChI=1S/C14H18N2O4/c1-3-8(2)11(13(18)19)16-12(17)9-6-4-5-7-10(9)15-14(16)20/h6-8,11H,3-5H2,1-2H3,(H,15,20)(H,18,19). The van der Waals surface area contributed by atoms with E-state index in [0.717, 1.165) is 17.4 Å². The van der Waals surface area contributed by atoms with E-state index in [9.17, 15) is 19.5 Å². The minimum atomic E-state index is -1.16. The second-order valence-electron chi connectivity index (χ2n) is 5.09. The van der Waals surface area contributed by atoms with Crippen LogP contribution in [-0.4, -0.2) is 20.6 Å². The van der Waals surface area contributed by atoms with Crippen LogP contribution in [0, 0.1) is 5.92 Å². The lowest BCUT2D eigenvalue weighted by molar-refractivity contribution is -0.142. The number of hydrogen-bond acceptors (Lipinski definition) is 3. The van der Waals surface area contributed by atoms with E-state index >= 15 is 0 Å². The van der Waals surface area contributed by atoms with Crippen molar-refractivity contribution < 1.29 is 9.90 Å². The summed E-state index contributed by atoms with van der Waals surface area (Å²) in [5.41, 5.74) is -1.18. The summed E-state index contributed by atoms with van der Waals surface area (Å²) in [7, 11) is 0. The van der Waals surface area contributed by atoms with Crippen LogP contribution in [0.2, 0.25) is 0 Å². The van der Waals surface area contributed by atoms with Gasteiger partial charge in [0.05, 0.1) is 10.6 Å². The first-order chi connectivity index (χ1) is 9.47. The van der Waals surface area contributed by atoms with Gasteiger partial charge in [-0.3, -0.25) is 4.79 Å². The van der Waals surface area contributed by atoms with Crippen LogP contribution in [-0.2, 0) is 4.79 Å². The van der Waals surface area contributed by atoms with E-state index in [1.165, 1.54) is 0 Å². The van der Waals surface area contributed by atoms with Crippen LogP contribution in [0.5, 0.6) is 0 Å². The predicted octanol–water partition coefficient (Wildman–Crippen LogP) is -0.437. The summed E-state index contributed by atoms with van der Waals surface area (Å²) in [5, 5.41) is 10.2. The van der Waals surface area contributed by atoms with Crippen LogP contribution in [0.1, 0.15) is 39.2 Å². The fraction of sp³-hybridized carbons (Fsp3) is 0.500. The van der Waals surface area contributed by atoms with E-state index in [-0.39, 0.29) is 5.92 Å². The molecule has 6 nitrogen and oxygen atoms in total. The number of carboxylic acid groups (broad SMARTS) is 1. The maximum absolute atomic E-state index is 12.4. The molecule has 1 heterocycles. The Morgan fingerprint density at radius 3 is 2.65 bits per heavy atom. The Balaban J connectivity index is 2.79. The fourth-order valence-electron chi connectivity index (χ4n) is 2.48. The number of fused-ring (bicyclic) bond motifs is 1. The van der Waals surface area contributed by atoms with E-state index in [1.807, 2.05) is 6.92 Å². The lowest BCUT2D eigenvalue weighted by Gasteiger charge is -2.20. The molecule has 0 fully saturated rings. The van der Waals surface area contributed by atoms with Crippen molar-refractivity contribution in [1.82, 2.24) is 9.55 Å². The van der Waals surface area contributed by atoms with Gasteiger partial charge in [-0.25, -0.2) is 14.2 Å². The molecule has 0 amide bonds. The van der Waals surface area contributed by atoms with E-state index < -0.39 is 23.3 Å². The lowest BCUT2D eigenvalue weighted by atomic mass is 9.99. The zero-order valence-corrected chi connectivity index (χ0v) is 11.5. The third-order valence-corrected chi connectivity index (χ3v) is 3.78. The topological polar surface area (TPSA) is 92.2 Å². The number of nitrogens with zero attached hydrogens (tertiary/aromatic N) is 1. The minimum Gasteiger partial charge on any atom is -0.480 e. The van der Waals surface area contributed by atoms with Gasteiger partial charge in [0.15, 0.2) is 0 Å². The van der Waals surface area contributed by atoms with Crippen molar-refractivity contribution in [3.05, 3.63) is 31.4 Å². The molecule has 1 aliphatic rings. The predicted molar refractivity (Wildman–Crippen MR) is 74.9 cm³/mol. The van der Waals surface area contributed by atoms with Crippen LogP contribution >= 0.6 is 0 Å². The Morgan fingerprint density at radius 1 is 1.40 bits per heavy atom. The molecular formula is C14H18N2O4. The highest BCUT2D eigenvalue weighted by atomic mass is 16.4. The number of carbonyl (C=O) groups is 1. The summed E-state index contributed by atoms with van der Waals surface area (Å²) in [6, 6.07) is -1.14. The van der Waals surface area contributed by atoms with Gasteiger partial charge in [0, 0.05) is 0 Å². The zero-order valence-electron chi connectivity index (χ0n) is 11.5. The van der Waals surface area contributed by atoms with Gasteiger partial charge in [-0.15, -0.1) is 0 Å². The number of H-pyrrole nitrogens is 1. The molecule has 0 saturated carbocycles. The summed E-state index contributed by atoms with van der Waals surface area (Å²) in [6.45, 7) is 3.55. The average molecular weight is 278 g/mol. The minimum absolute atomic E-state index is 0.308. The van der Waals surface area contributed by atoms with E-state index in [0.29, 0.717) is 17.0 Å². The average Bonchev–Trinajstić information content (AvgIpc) is 2.42. The highest BCUT2D eigenvalue weighted by molar-refractivity contribution is 5.72. The molecule has 0 aromatic carbocycles. The zero-order chi connectivity index (χ0) is 14.9. The largest absolute Gasteiger partial charge is 0.480 e. The molecular weight excluding hydrogens is 260 g/mol. The fourth-order valence-corrected chi connectivity index (χ4v) is 2.48. The molecule has 6 heteroatoms. The highest BCUT2D eigenvalue weighted by Gasteiger charge is 2.28. The quantitative estimate of drug-likeness (QED) is 0.781. The van der Waals surface area contributed by atoms with Gasteiger partial charge >= 0.3 is 11.7 Å². The number of carboxylic acids is 1. The molecule has 1 aliphatic carbocycles. The second-order valence-corrected chi connectivity index (χ2v) is 5.09. The molecule has 0 radical (unpaired) electrons. The van der Waals surface area contributed by atoms with Gasteiger partial charge in [0.1, 0.15) is 6.04 Å². The first-order valence-electron chi connectivity index (χ1n) is 6.75. The van der Waals surface area contributed by atoms with Crippen LogP contribution < -0.4 is 21.8 Å². The van der Waals surface area contributed by atoms with Crippen molar-refractivity contribution in [3.8, 4) is 0 Å². The maximum Gasteiger partial charge on any atom is 0.329 e. The number of rotatable bonds is 4. The van der Waals surface area contributed by atoms with Gasteiger partial charge in [0.25, 0.3) is 5.56 Å². The SMILES string of the molecule is CCC(C)C(C(=O)O)n1c(=O)[nH]c2c(c1=O)=CCCC=2. The number of aromatic amines is 1. The maximum atomic E-state index is 12.4. The van der Waals surface area contributed by atoms with Crippen LogP contribution in [0.25, 0.3) is 12.2 Å². The first kappa shape index (κ1) is 14.3. The summed E-state index contributed by atoms with van der Waals surface area (Å²) >= 11 is 0. The van der Waals surface area contributed by atoms with Gasteiger partial charge in [-0.05, 0) is 18.8 Å². The molecule has 2 rings (SSSR count). The van der Waals surface area contributed by atoms with Crippen LogP contribution in [0.4, 0.5) is 0 Å². The highest BCUT2D eigenvalue weighted by Crippen LogP contribution is 2.17. The summed E-state index contributed by atoms with van der Waals surface area (Å²) in [4.78, 5) is 38.6. The van der Waals surface area contributed by atoms with Gasteiger partial charge in [0.2, 0.25) is 0 Å². The number of nitrogens with one attached hydrogen (secondary N) is 1. The van der Waals surface area contributed by atoms with E-state index in [2.05, 4.69) is 4.98 Å². The van der Waals surface area contributed by atoms with Gasteiger partial charge < -0.3 is 10.1 Å². The van der Waals surface area contributed by atoms with Crippen molar-refractivity contribution in [2.75, 3.05) is 0 Å². The molecule has 108 valence electrons. The first-order valence-corrected chi connectivity index (χ1v) is 6.75. The molecule has 2 N–H and O–H groups in total. The molecule has 2 unspecified atom stereocenters. The summed E-state index contributed by atoms with van der Waals surface area (Å²) in [5.74, 6) is -1.47. The van der Waals surface area contributed by atoms with Crippen molar-refractivity contribution in [1.29, 1.82) is 0 Å². The van der Waals surface area contributed by atoms with Crippen LogP contribution in [0.15, 0.2) is 9.59 Å². The number of hydrogen-bond donors (Lipinski definition) is 2. The molecule has 0 spiro atoms. The van der Waals surface area contributed by atoms with E-state index in [4.69, 9.17) is 0 Å². The molecule has 1 aromatic rings. The molecule has 0 aliphatic heterocycles. The lowest BCUT2D eigenvalue weighted by Crippen LogP contribution is -2.57. The number of aliphatic carboxylic acids is 1. The van der Waals surface area contributed by atoms with Crippen molar-refractivity contribution >= 4 is 18.1 Å². The Kier molecular flexibility index (Phi) is 3.92. The summed E-state index contributed by atoms with van der Waals surface area (Å²) < 4.78 is 0.838. The van der Waals surface area contributed by atoms with Crippen molar-refractivity contribution in [2.45, 2.75) is 39.2 Å². The Labute approximate surface area is 115 Å². The van der Waals surface area contributed by atoms with Crippen LogP contribution in [0.3, 0.4) is 0 Å². The third-order valence-electron chi connectivity index (χ3n) is 3.78. The Hall–Kier alpha value is -2.11.